The molecule has 0 aliphatic heterocycles. The molecule has 0 heterocycles. The second-order valence-electron chi connectivity index (χ2n) is 4.65. The van der Waals surface area contributed by atoms with Gasteiger partial charge < -0.3 is 10.6 Å². The van der Waals surface area contributed by atoms with Crippen LogP contribution < -0.4 is 10.6 Å². The van der Waals surface area contributed by atoms with Gasteiger partial charge in [0, 0.05) is 37.2 Å². The molecule has 0 atom stereocenters. The fourth-order valence-electron chi connectivity index (χ4n) is 1.79. The second-order valence-corrected chi connectivity index (χ2v) is 4.65. The summed E-state index contributed by atoms with van der Waals surface area (Å²) in [4.78, 5) is 21.8. The number of nitro benzene ring substituents is 1. The normalized spacial score (nSPS) is 14.1. The van der Waals surface area contributed by atoms with E-state index in [1.807, 2.05) is 0 Å². The SMILES string of the molecule is O=C(CCNCc1ccccc1[N+](=O)[O-])NC1CC1. The molecular formula is C13H17N3O3. The lowest BCUT2D eigenvalue weighted by Gasteiger charge is -2.06. The van der Waals surface area contributed by atoms with Crippen LogP contribution >= 0.6 is 0 Å². The Balaban J connectivity index is 1.72. The van der Waals surface area contributed by atoms with Crippen LogP contribution in [0.3, 0.4) is 0 Å². The van der Waals surface area contributed by atoms with Crippen molar-refractivity contribution < 1.29 is 9.72 Å². The van der Waals surface area contributed by atoms with E-state index in [4.69, 9.17) is 0 Å². The number of nitrogens with one attached hydrogen (secondary N) is 2. The van der Waals surface area contributed by atoms with Crippen molar-refractivity contribution in [1.82, 2.24) is 10.6 Å². The molecule has 1 aromatic carbocycles. The zero-order chi connectivity index (χ0) is 13.7. The molecule has 2 rings (SSSR count). The van der Waals surface area contributed by atoms with Gasteiger partial charge in [0.05, 0.1) is 4.92 Å². The summed E-state index contributed by atoms with van der Waals surface area (Å²) in [5.41, 5.74) is 0.743. The third kappa shape index (κ3) is 4.33. The fourth-order valence-corrected chi connectivity index (χ4v) is 1.79. The molecule has 1 aliphatic carbocycles. The van der Waals surface area contributed by atoms with Crippen LogP contribution in [0.25, 0.3) is 0 Å². The molecule has 0 radical (unpaired) electrons. The molecule has 0 spiro atoms. The summed E-state index contributed by atoms with van der Waals surface area (Å²) in [6, 6.07) is 6.99. The summed E-state index contributed by atoms with van der Waals surface area (Å²) in [5, 5.41) is 16.8. The van der Waals surface area contributed by atoms with E-state index >= 15 is 0 Å². The topological polar surface area (TPSA) is 84.3 Å². The number of carbonyl (C=O) groups is 1. The molecule has 1 saturated carbocycles. The zero-order valence-electron chi connectivity index (χ0n) is 10.6. The molecule has 6 nitrogen and oxygen atoms in total. The van der Waals surface area contributed by atoms with Gasteiger partial charge in [0.1, 0.15) is 0 Å². The number of hydrogen-bond donors (Lipinski definition) is 2. The minimum atomic E-state index is -0.392. The zero-order valence-corrected chi connectivity index (χ0v) is 10.6. The number of nitrogens with zero attached hydrogens (tertiary/aromatic N) is 1. The molecule has 6 heteroatoms. The van der Waals surface area contributed by atoms with Crippen LogP contribution in [0.5, 0.6) is 0 Å². The van der Waals surface area contributed by atoms with Gasteiger partial charge in [-0.05, 0) is 12.8 Å². The Labute approximate surface area is 111 Å². The summed E-state index contributed by atoms with van der Waals surface area (Å²) < 4.78 is 0. The smallest absolute Gasteiger partial charge is 0.273 e. The van der Waals surface area contributed by atoms with E-state index in [2.05, 4.69) is 10.6 Å². The first-order chi connectivity index (χ1) is 9.16. The molecule has 1 aliphatic rings. The molecule has 0 unspecified atom stereocenters. The quantitative estimate of drug-likeness (QED) is 0.442. The average molecular weight is 263 g/mol. The highest BCUT2D eigenvalue weighted by atomic mass is 16.6. The van der Waals surface area contributed by atoms with Crippen molar-refractivity contribution in [1.29, 1.82) is 0 Å². The minimum absolute atomic E-state index is 0.0394. The lowest BCUT2D eigenvalue weighted by molar-refractivity contribution is -0.385. The standard InChI is InChI=1S/C13H17N3O3/c17-13(15-11-5-6-11)7-8-14-9-10-3-1-2-4-12(10)16(18)19/h1-4,11,14H,5-9H2,(H,15,17). The third-order valence-electron chi connectivity index (χ3n) is 2.98. The van der Waals surface area contributed by atoms with Crippen LogP contribution in [-0.2, 0) is 11.3 Å². The molecule has 1 aromatic rings. The van der Waals surface area contributed by atoms with Crippen LogP contribution in [0.2, 0.25) is 0 Å². The number of hydrogen-bond acceptors (Lipinski definition) is 4. The molecule has 2 N–H and O–H groups in total. The molecule has 1 fully saturated rings. The van der Waals surface area contributed by atoms with Crippen molar-refractivity contribution in [2.45, 2.75) is 31.8 Å². The van der Waals surface area contributed by atoms with Gasteiger partial charge in [-0.15, -0.1) is 0 Å². The average Bonchev–Trinajstić information content (AvgIpc) is 3.19. The van der Waals surface area contributed by atoms with Crippen LogP contribution in [-0.4, -0.2) is 23.4 Å². The van der Waals surface area contributed by atoms with Gasteiger partial charge in [0.15, 0.2) is 0 Å². The predicted octanol–water partition coefficient (Wildman–Crippen LogP) is 1.35. The van der Waals surface area contributed by atoms with Gasteiger partial charge in [-0.25, -0.2) is 0 Å². The van der Waals surface area contributed by atoms with E-state index in [0.717, 1.165) is 12.8 Å². The first kappa shape index (κ1) is 13.5. The minimum Gasteiger partial charge on any atom is -0.353 e. The van der Waals surface area contributed by atoms with Crippen LogP contribution in [0.15, 0.2) is 24.3 Å². The van der Waals surface area contributed by atoms with Crippen molar-refractivity contribution in [2.75, 3.05) is 6.54 Å². The number of amides is 1. The Morgan fingerprint density at radius 3 is 2.79 bits per heavy atom. The molecule has 0 aromatic heterocycles. The van der Waals surface area contributed by atoms with Crippen LogP contribution in [0, 0.1) is 10.1 Å². The van der Waals surface area contributed by atoms with E-state index in [9.17, 15) is 14.9 Å². The highest BCUT2D eigenvalue weighted by Gasteiger charge is 2.22. The molecule has 1 amide bonds. The van der Waals surface area contributed by atoms with E-state index in [1.54, 1.807) is 18.2 Å². The highest BCUT2D eigenvalue weighted by Crippen LogP contribution is 2.18. The molecule has 19 heavy (non-hydrogen) atoms. The highest BCUT2D eigenvalue weighted by molar-refractivity contribution is 5.76. The fraction of sp³-hybridized carbons (Fsp3) is 0.462. The summed E-state index contributed by atoms with van der Waals surface area (Å²) in [6.07, 6.45) is 2.56. The Morgan fingerprint density at radius 2 is 2.11 bits per heavy atom. The third-order valence-corrected chi connectivity index (χ3v) is 2.98. The number of benzene rings is 1. The van der Waals surface area contributed by atoms with Gasteiger partial charge in [-0.3, -0.25) is 14.9 Å². The Morgan fingerprint density at radius 1 is 1.37 bits per heavy atom. The van der Waals surface area contributed by atoms with Gasteiger partial charge >= 0.3 is 0 Å². The first-order valence-electron chi connectivity index (χ1n) is 6.39. The maximum atomic E-state index is 11.4. The summed E-state index contributed by atoms with van der Waals surface area (Å²) >= 11 is 0. The maximum absolute atomic E-state index is 11.4. The van der Waals surface area contributed by atoms with Crippen molar-refractivity contribution >= 4 is 11.6 Å². The van der Waals surface area contributed by atoms with Gasteiger partial charge in [0.2, 0.25) is 5.91 Å². The largest absolute Gasteiger partial charge is 0.353 e. The van der Waals surface area contributed by atoms with Crippen molar-refractivity contribution in [3.05, 3.63) is 39.9 Å². The lowest BCUT2D eigenvalue weighted by Crippen LogP contribution is -2.29. The Kier molecular flexibility index (Phi) is 4.46. The van der Waals surface area contributed by atoms with E-state index in [1.165, 1.54) is 6.07 Å². The molecular weight excluding hydrogens is 246 g/mol. The predicted molar refractivity (Wildman–Crippen MR) is 70.6 cm³/mol. The lowest BCUT2D eigenvalue weighted by atomic mass is 10.2. The molecule has 0 bridgehead atoms. The van der Waals surface area contributed by atoms with Crippen LogP contribution in [0.1, 0.15) is 24.8 Å². The number of nitro groups is 1. The summed E-state index contributed by atoms with van der Waals surface area (Å²) in [5.74, 6) is 0.0394. The van der Waals surface area contributed by atoms with Gasteiger partial charge in [-0.1, -0.05) is 18.2 Å². The van der Waals surface area contributed by atoms with Gasteiger partial charge in [-0.2, -0.15) is 0 Å². The summed E-state index contributed by atoms with van der Waals surface area (Å²) in [7, 11) is 0. The Bertz CT molecular complexity index is 472. The van der Waals surface area contributed by atoms with Crippen LogP contribution in [0.4, 0.5) is 5.69 Å². The van der Waals surface area contributed by atoms with E-state index < -0.39 is 4.92 Å². The van der Waals surface area contributed by atoms with E-state index in [-0.39, 0.29) is 11.6 Å². The van der Waals surface area contributed by atoms with Gasteiger partial charge in [0.25, 0.3) is 5.69 Å². The first-order valence-corrected chi connectivity index (χ1v) is 6.39. The molecule has 102 valence electrons. The number of rotatable bonds is 7. The molecule has 0 saturated heterocycles. The number of para-hydroxylation sites is 1. The monoisotopic (exact) mass is 263 g/mol. The van der Waals surface area contributed by atoms with Crippen molar-refractivity contribution in [3.63, 3.8) is 0 Å². The summed E-state index contributed by atoms with van der Waals surface area (Å²) in [6.45, 7) is 0.915. The second kappa shape index (κ2) is 6.29. The number of carbonyl (C=O) groups excluding carboxylic acids is 1. The van der Waals surface area contributed by atoms with Crippen molar-refractivity contribution in [3.8, 4) is 0 Å². The Hall–Kier alpha value is -1.95. The van der Waals surface area contributed by atoms with E-state index in [0.29, 0.717) is 31.1 Å². The maximum Gasteiger partial charge on any atom is 0.273 e. The van der Waals surface area contributed by atoms with Crippen molar-refractivity contribution in [2.24, 2.45) is 0 Å².